The number of rotatable bonds is 7. The number of nitrogens with zero attached hydrogens (tertiary/aromatic N) is 4. The van der Waals surface area contributed by atoms with Crippen LogP contribution in [0.3, 0.4) is 0 Å². The minimum absolute atomic E-state index is 0.000888. The van der Waals surface area contributed by atoms with Gasteiger partial charge in [0.1, 0.15) is 11.4 Å². The van der Waals surface area contributed by atoms with Crippen LogP contribution in [0.2, 0.25) is 0 Å². The van der Waals surface area contributed by atoms with E-state index in [1.165, 1.54) is 6.42 Å². The number of benzene rings is 1. The van der Waals surface area contributed by atoms with Gasteiger partial charge in [0.25, 0.3) is 5.91 Å². The van der Waals surface area contributed by atoms with Crippen LogP contribution >= 0.6 is 0 Å². The molecule has 4 unspecified atom stereocenters. The summed E-state index contributed by atoms with van der Waals surface area (Å²) in [6.07, 6.45) is 11.6. The molecule has 1 aliphatic heterocycles. The number of amides is 1. The summed E-state index contributed by atoms with van der Waals surface area (Å²) in [6, 6.07) is 16.5. The number of hydrogen-bond acceptors (Lipinski definition) is 6. The quantitative estimate of drug-likeness (QED) is 0.328. The molecular formula is C34H35N5O2. The molecule has 1 amide bonds. The molecule has 0 radical (unpaired) electrons. The van der Waals surface area contributed by atoms with Crippen molar-refractivity contribution in [3.8, 4) is 6.07 Å². The third-order valence-corrected chi connectivity index (χ3v) is 9.98. The van der Waals surface area contributed by atoms with E-state index in [0.717, 1.165) is 17.5 Å². The molecule has 7 nitrogen and oxygen atoms in total. The van der Waals surface area contributed by atoms with E-state index in [2.05, 4.69) is 42.1 Å². The fraction of sp³-hybridized carbons (Fsp3) is 0.382. The Morgan fingerprint density at radius 2 is 1.59 bits per heavy atom. The van der Waals surface area contributed by atoms with Gasteiger partial charge in [0.2, 0.25) is 0 Å². The lowest BCUT2D eigenvalue weighted by molar-refractivity contribution is -0.153. The van der Waals surface area contributed by atoms with E-state index in [1.54, 1.807) is 55.1 Å². The van der Waals surface area contributed by atoms with Crippen molar-refractivity contribution in [1.29, 1.82) is 5.26 Å². The van der Waals surface area contributed by atoms with Crippen molar-refractivity contribution in [3.63, 3.8) is 0 Å². The summed E-state index contributed by atoms with van der Waals surface area (Å²) in [6.45, 7) is 6.97. The zero-order valence-corrected chi connectivity index (χ0v) is 23.7. The Balaban J connectivity index is 1.43. The maximum atomic E-state index is 14.8. The second-order valence-corrected chi connectivity index (χ2v) is 12.6. The van der Waals surface area contributed by atoms with Crippen LogP contribution in [-0.4, -0.2) is 38.1 Å². The molecular weight excluding hydrogens is 510 g/mol. The second kappa shape index (κ2) is 10.3. The first-order valence-corrected chi connectivity index (χ1v) is 14.4. The first-order chi connectivity index (χ1) is 19.7. The van der Waals surface area contributed by atoms with Gasteiger partial charge < -0.3 is 5.32 Å². The van der Waals surface area contributed by atoms with Crippen molar-refractivity contribution < 1.29 is 9.59 Å². The average molecular weight is 546 g/mol. The summed E-state index contributed by atoms with van der Waals surface area (Å²) in [5.41, 5.74) is 2.25. The van der Waals surface area contributed by atoms with Crippen LogP contribution in [0.4, 0.5) is 0 Å². The number of carbonyl (C=O) groups excluding carboxylic acids is 2. The third-order valence-electron chi connectivity index (χ3n) is 9.98. The van der Waals surface area contributed by atoms with E-state index >= 15 is 0 Å². The SMILES string of the molecule is CC1C(N2C(=O)C(Cc3ccncc3)(Cc3ccncc3)N/C2=C\C(=O)c2ccc(C#N)cc2)CC2CC1C2(C)C. The second-order valence-electron chi connectivity index (χ2n) is 12.6. The average Bonchev–Trinajstić information content (AvgIpc) is 3.23. The Hall–Kier alpha value is -4.31. The van der Waals surface area contributed by atoms with E-state index in [1.807, 2.05) is 29.2 Å². The Labute approximate surface area is 241 Å². The maximum Gasteiger partial charge on any atom is 0.254 e. The van der Waals surface area contributed by atoms with Crippen molar-refractivity contribution >= 4 is 11.7 Å². The van der Waals surface area contributed by atoms with Crippen LogP contribution in [0.25, 0.3) is 0 Å². The van der Waals surface area contributed by atoms with Crippen LogP contribution < -0.4 is 5.32 Å². The number of aromatic nitrogens is 2. The van der Waals surface area contributed by atoms with Crippen LogP contribution in [0.1, 0.15) is 60.7 Å². The van der Waals surface area contributed by atoms with E-state index < -0.39 is 5.54 Å². The molecule has 3 aromatic rings. The lowest BCUT2D eigenvalue weighted by atomic mass is 9.44. The largest absolute Gasteiger partial charge is 0.357 e. The molecule has 4 fully saturated rings. The summed E-state index contributed by atoms with van der Waals surface area (Å²) < 4.78 is 0. The van der Waals surface area contributed by atoms with Gasteiger partial charge in [-0.2, -0.15) is 5.26 Å². The molecule has 3 aliphatic carbocycles. The summed E-state index contributed by atoms with van der Waals surface area (Å²) in [5, 5.41) is 12.8. The smallest absolute Gasteiger partial charge is 0.254 e. The number of ketones is 1. The van der Waals surface area contributed by atoms with E-state index in [4.69, 9.17) is 0 Å². The van der Waals surface area contributed by atoms with Gasteiger partial charge in [0.05, 0.1) is 11.6 Å². The number of carbonyl (C=O) groups is 2. The predicted molar refractivity (Wildman–Crippen MR) is 155 cm³/mol. The molecule has 7 rings (SSSR count). The molecule has 41 heavy (non-hydrogen) atoms. The van der Waals surface area contributed by atoms with E-state index in [-0.39, 0.29) is 23.1 Å². The maximum absolute atomic E-state index is 14.8. The molecule has 4 aliphatic rings. The number of pyridine rings is 2. The topological polar surface area (TPSA) is 99.0 Å². The fourth-order valence-electron chi connectivity index (χ4n) is 7.51. The number of nitrogens with one attached hydrogen (secondary N) is 1. The first-order valence-electron chi connectivity index (χ1n) is 14.4. The van der Waals surface area contributed by atoms with E-state index in [0.29, 0.717) is 47.5 Å². The predicted octanol–water partition coefficient (Wildman–Crippen LogP) is 5.10. The summed E-state index contributed by atoms with van der Waals surface area (Å²) in [4.78, 5) is 38.6. The molecule has 4 atom stereocenters. The molecule has 3 heterocycles. The zero-order chi connectivity index (χ0) is 28.8. The number of allylic oxidation sites excluding steroid dienone is 1. The van der Waals surface area contributed by atoms with Gasteiger partial charge in [-0.1, -0.05) is 20.8 Å². The van der Waals surface area contributed by atoms with Gasteiger partial charge in [-0.05, 0) is 95.7 Å². The molecule has 3 saturated carbocycles. The van der Waals surface area contributed by atoms with E-state index in [9.17, 15) is 14.9 Å². The lowest BCUT2D eigenvalue weighted by Crippen LogP contribution is -2.61. The standard InChI is InChI=1S/C34H35N5O2/c1-22-28-16-27(33(28,2)3)17-29(22)39-31(18-30(40)26-6-4-25(21-35)5-7-26)38-34(32(39)41,19-23-8-12-36-13-9-23)20-24-10-14-37-15-11-24/h4-15,18,22,27-29,38H,16-17,19-20H2,1-3H3/b31-18+. The molecule has 1 aromatic carbocycles. The van der Waals surface area contributed by atoms with Gasteiger partial charge in [0.15, 0.2) is 5.78 Å². The molecule has 1 saturated heterocycles. The Kier molecular flexibility index (Phi) is 6.73. The highest BCUT2D eigenvalue weighted by Gasteiger charge is 2.61. The highest BCUT2D eigenvalue weighted by Crippen LogP contribution is 2.62. The molecule has 7 heteroatoms. The lowest BCUT2D eigenvalue weighted by Gasteiger charge is -2.63. The van der Waals surface area contributed by atoms with Gasteiger partial charge in [-0.15, -0.1) is 0 Å². The molecule has 208 valence electrons. The first kappa shape index (κ1) is 26.9. The van der Waals surface area contributed by atoms with Crippen LogP contribution in [0.5, 0.6) is 0 Å². The van der Waals surface area contributed by atoms with Crippen molar-refractivity contribution in [2.75, 3.05) is 0 Å². The fourth-order valence-corrected chi connectivity index (χ4v) is 7.51. The van der Waals surface area contributed by atoms with Crippen molar-refractivity contribution in [3.05, 3.63) is 107 Å². The summed E-state index contributed by atoms with van der Waals surface area (Å²) in [7, 11) is 0. The molecule has 2 bridgehead atoms. The Morgan fingerprint density at radius 3 is 2.10 bits per heavy atom. The van der Waals surface area contributed by atoms with Crippen LogP contribution in [-0.2, 0) is 17.6 Å². The third kappa shape index (κ3) is 4.72. The normalized spacial score (nSPS) is 26.6. The number of fused-ring (bicyclic) bond motifs is 2. The highest BCUT2D eigenvalue weighted by atomic mass is 16.2. The van der Waals surface area contributed by atoms with Gasteiger partial charge in [-0.25, -0.2) is 0 Å². The number of hydrogen-bond donors (Lipinski definition) is 1. The zero-order valence-electron chi connectivity index (χ0n) is 23.7. The molecule has 2 aromatic heterocycles. The van der Waals surface area contributed by atoms with Gasteiger partial charge >= 0.3 is 0 Å². The minimum atomic E-state index is -0.976. The van der Waals surface area contributed by atoms with Crippen molar-refractivity contribution in [1.82, 2.24) is 20.2 Å². The van der Waals surface area contributed by atoms with Crippen LogP contribution in [0.15, 0.2) is 85.2 Å². The Morgan fingerprint density at radius 1 is 1.00 bits per heavy atom. The Bertz CT molecular complexity index is 1480. The van der Waals surface area contributed by atoms with Gasteiger partial charge in [-0.3, -0.25) is 24.5 Å². The molecule has 1 N–H and O–H groups in total. The summed E-state index contributed by atoms with van der Waals surface area (Å²) >= 11 is 0. The van der Waals surface area contributed by atoms with Crippen LogP contribution in [0, 0.1) is 34.5 Å². The highest BCUT2D eigenvalue weighted by molar-refractivity contribution is 6.06. The minimum Gasteiger partial charge on any atom is -0.357 e. The van der Waals surface area contributed by atoms with Gasteiger partial charge in [0, 0.05) is 55.3 Å². The number of nitriles is 1. The van der Waals surface area contributed by atoms with Crippen molar-refractivity contribution in [2.45, 2.75) is 58.0 Å². The monoisotopic (exact) mass is 545 g/mol. The molecule has 0 spiro atoms. The van der Waals surface area contributed by atoms with Crippen molar-refractivity contribution in [2.24, 2.45) is 23.2 Å². The summed E-state index contributed by atoms with van der Waals surface area (Å²) in [5.74, 6) is 1.74.